The van der Waals surface area contributed by atoms with Gasteiger partial charge in [-0.25, -0.2) is 4.98 Å². The van der Waals surface area contributed by atoms with Crippen molar-refractivity contribution in [2.75, 3.05) is 5.32 Å². The number of anilines is 1. The lowest BCUT2D eigenvalue weighted by atomic mass is 10.0. The summed E-state index contributed by atoms with van der Waals surface area (Å²) in [7, 11) is 0. The van der Waals surface area contributed by atoms with Crippen molar-refractivity contribution in [1.82, 2.24) is 10.3 Å². The van der Waals surface area contributed by atoms with Gasteiger partial charge in [0.05, 0.1) is 10.2 Å². The summed E-state index contributed by atoms with van der Waals surface area (Å²) >= 11 is 12.8. The highest BCUT2D eigenvalue weighted by Gasteiger charge is 2.13. The molecule has 8 heteroatoms. The average Bonchev–Trinajstić information content (AvgIpc) is 3.02. The van der Waals surface area contributed by atoms with Crippen molar-refractivity contribution in [3.05, 3.63) is 65.2 Å². The first-order valence-corrected chi connectivity index (χ1v) is 9.51. The van der Waals surface area contributed by atoms with Crippen molar-refractivity contribution >= 4 is 72.3 Å². The second-order valence-electron chi connectivity index (χ2n) is 5.72. The average molecular weight is 414 g/mol. The number of nitrogens with zero attached hydrogens (tertiary/aromatic N) is 1. The van der Waals surface area contributed by atoms with Crippen LogP contribution in [0.5, 0.6) is 5.75 Å². The predicted molar refractivity (Wildman–Crippen MR) is 114 cm³/mol. The lowest BCUT2D eigenvalue weighted by Gasteiger charge is -2.10. The fourth-order valence-corrected chi connectivity index (χ4v) is 4.13. The van der Waals surface area contributed by atoms with Crippen LogP contribution in [0, 0.1) is 0 Å². The smallest absolute Gasteiger partial charge is 0.258 e. The molecule has 0 bridgehead atoms. The Morgan fingerprint density at radius 3 is 2.74 bits per heavy atom. The summed E-state index contributed by atoms with van der Waals surface area (Å²) in [4.78, 5) is 17.0. The van der Waals surface area contributed by atoms with Crippen LogP contribution in [0.15, 0.2) is 54.6 Å². The van der Waals surface area contributed by atoms with E-state index in [0.717, 1.165) is 21.0 Å². The Hall–Kier alpha value is -2.74. The number of aromatic nitrogens is 1. The van der Waals surface area contributed by atoms with Gasteiger partial charge in [-0.2, -0.15) is 0 Å². The molecule has 0 saturated carbocycles. The van der Waals surface area contributed by atoms with E-state index in [1.807, 2.05) is 12.1 Å². The van der Waals surface area contributed by atoms with E-state index < -0.39 is 0 Å². The molecule has 0 unspecified atom stereocenters. The molecule has 1 heterocycles. The van der Waals surface area contributed by atoms with Gasteiger partial charge in [0.25, 0.3) is 5.91 Å². The molecule has 1 amide bonds. The number of nitrogens with one attached hydrogen (secondary N) is 2. The number of rotatable bonds is 2. The van der Waals surface area contributed by atoms with E-state index in [0.29, 0.717) is 15.7 Å². The van der Waals surface area contributed by atoms with Gasteiger partial charge in [0.1, 0.15) is 5.75 Å². The van der Waals surface area contributed by atoms with E-state index in [9.17, 15) is 9.90 Å². The van der Waals surface area contributed by atoms with Crippen LogP contribution in [-0.4, -0.2) is 21.1 Å². The maximum absolute atomic E-state index is 12.7. The number of phenolic OH excluding ortho intramolecular Hbond substituents is 1. The highest BCUT2D eigenvalue weighted by molar-refractivity contribution is 7.80. The van der Waals surface area contributed by atoms with E-state index in [1.165, 1.54) is 11.3 Å². The van der Waals surface area contributed by atoms with E-state index >= 15 is 0 Å². The molecular weight excluding hydrogens is 402 g/mol. The fourth-order valence-electron chi connectivity index (χ4n) is 2.74. The molecule has 27 heavy (non-hydrogen) atoms. The highest BCUT2D eigenvalue weighted by Crippen LogP contribution is 2.29. The summed E-state index contributed by atoms with van der Waals surface area (Å²) < 4.78 is 0.815. The topological polar surface area (TPSA) is 74.2 Å². The fraction of sp³-hybridized carbons (Fsp3) is 0. The van der Waals surface area contributed by atoms with E-state index in [1.54, 1.807) is 42.5 Å². The summed E-state index contributed by atoms with van der Waals surface area (Å²) in [6, 6.07) is 15.7. The molecule has 0 fully saturated rings. The van der Waals surface area contributed by atoms with Crippen molar-refractivity contribution in [2.24, 2.45) is 0 Å². The zero-order valence-electron chi connectivity index (χ0n) is 13.7. The van der Waals surface area contributed by atoms with Gasteiger partial charge in [-0.05, 0) is 47.9 Å². The normalized spacial score (nSPS) is 10.9. The number of thiocarbonyl (C=S) groups is 1. The number of benzene rings is 3. The number of hydrogen-bond donors (Lipinski definition) is 3. The minimum Gasteiger partial charge on any atom is -0.508 e. The van der Waals surface area contributed by atoms with Crippen molar-refractivity contribution in [3.8, 4) is 5.75 Å². The number of thiazole rings is 1. The molecule has 0 saturated heterocycles. The number of amides is 1. The van der Waals surface area contributed by atoms with Gasteiger partial charge < -0.3 is 10.4 Å². The lowest BCUT2D eigenvalue weighted by molar-refractivity contribution is 0.0979. The third kappa shape index (κ3) is 3.57. The number of halogens is 1. The lowest BCUT2D eigenvalue weighted by Crippen LogP contribution is -2.34. The quantitative estimate of drug-likeness (QED) is 0.406. The van der Waals surface area contributed by atoms with E-state index in [2.05, 4.69) is 15.6 Å². The maximum Gasteiger partial charge on any atom is 0.258 e. The van der Waals surface area contributed by atoms with Crippen LogP contribution in [0.1, 0.15) is 10.4 Å². The van der Waals surface area contributed by atoms with Gasteiger partial charge in [-0.3, -0.25) is 10.1 Å². The molecule has 0 aliphatic carbocycles. The summed E-state index contributed by atoms with van der Waals surface area (Å²) in [6.07, 6.45) is 0. The summed E-state index contributed by atoms with van der Waals surface area (Å²) in [6.45, 7) is 0. The number of phenols is 1. The van der Waals surface area contributed by atoms with Gasteiger partial charge in [0, 0.05) is 16.0 Å². The summed E-state index contributed by atoms with van der Waals surface area (Å²) in [5, 5.41) is 17.9. The first kappa shape index (κ1) is 17.7. The monoisotopic (exact) mass is 413 g/mol. The van der Waals surface area contributed by atoms with Gasteiger partial charge in [0.15, 0.2) is 10.2 Å². The van der Waals surface area contributed by atoms with Crippen LogP contribution in [-0.2, 0) is 0 Å². The SMILES string of the molecule is O=C(NC(=S)Nc1nc2ccc(O)cc2s1)c1cccc2c(Cl)cccc12. The maximum atomic E-state index is 12.7. The van der Waals surface area contributed by atoms with Crippen molar-refractivity contribution in [1.29, 1.82) is 0 Å². The second kappa shape index (κ2) is 7.11. The van der Waals surface area contributed by atoms with Gasteiger partial charge in [0.2, 0.25) is 0 Å². The van der Waals surface area contributed by atoms with Gasteiger partial charge in [-0.1, -0.05) is 47.2 Å². The summed E-state index contributed by atoms with van der Waals surface area (Å²) in [5.74, 6) is -0.165. The van der Waals surface area contributed by atoms with E-state index in [-0.39, 0.29) is 16.8 Å². The van der Waals surface area contributed by atoms with Crippen LogP contribution in [0.2, 0.25) is 5.02 Å². The van der Waals surface area contributed by atoms with Crippen molar-refractivity contribution in [3.63, 3.8) is 0 Å². The molecular formula is C19H12ClN3O2S2. The molecule has 3 N–H and O–H groups in total. The Labute approximate surface area is 168 Å². The number of fused-ring (bicyclic) bond motifs is 2. The van der Waals surface area contributed by atoms with Crippen molar-refractivity contribution < 1.29 is 9.90 Å². The van der Waals surface area contributed by atoms with Crippen LogP contribution in [0.3, 0.4) is 0 Å². The molecule has 0 atom stereocenters. The Balaban J connectivity index is 1.54. The number of carbonyl (C=O) groups is 1. The molecule has 3 aromatic carbocycles. The highest BCUT2D eigenvalue weighted by atomic mass is 35.5. The van der Waals surface area contributed by atoms with Crippen LogP contribution in [0.4, 0.5) is 5.13 Å². The first-order valence-electron chi connectivity index (χ1n) is 7.90. The third-order valence-electron chi connectivity index (χ3n) is 3.93. The molecule has 1 aromatic heterocycles. The summed E-state index contributed by atoms with van der Waals surface area (Å²) in [5.41, 5.74) is 1.21. The largest absolute Gasteiger partial charge is 0.508 e. The van der Waals surface area contributed by atoms with Gasteiger partial charge in [-0.15, -0.1) is 0 Å². The van der Waals surface area contributed by atoms with E-state index in [4.69, 9.17) is 23.8 Å². The van der Waals surface area contributed by atoms with Crippen LogP contribution in [0.25, 0.3) is 21.0 Å². The zero-order valence-corrected chi connectivity index (χ0v) is 16.1. The standard InChI is InChI=1S/C19H12ClN3O2S2/c20-14-6-2-3-11-12(14)4-1-5-13(11)17(25)22-18(26)23-19-21-15-8-7-10(24)9-16(15)27-19/h1-9,24H,(H2,21,22,23,25,26). The Morgan fingerprint density at radius 1 is 1.11 bits per heavy atom. The number of hydrogen-bond acceptors (Lipinski definition) is 5. The number of aromatic hydroxyl groups is 1. The second-order valence-corrected chi connectivity index (χ2v) is 7.57. The Kier molecular flexibility index (Phi) is 4.65. The first-order chi connectivity index (χ1) is 13.0. The Morgan fingerprint density at radius 2 is 1.89 bits per heavy atom. The Bertz CT molecular complexity index is 1210. The minimum absolute atomic E-state index is 0.141. The number of carbonyl (C=O) groups excluding carboxylic acids is 1. The minimum atomic E-state index is -0.334. The van der Waals surface area contributed by atoms with Crippen LogP contribution < -0.4 is 10.6 Å². The molecule has 5 nitrogen and oxygen atoms in total. The van der Waals surface area contributed by atoms with Crippen LogP contribution >= 0.6 is 35.2 Å². The molecule has 134 valence electrons. The molecule has 0 aliphatic heterocycles. The van der Waals surface area contributed by atoms with Crippen molar-refractivity contribution in [2.45, 2.75) is 0 Å². The molecule has 0 radical (unpaired) electrons. The molecule has 4 aromatic rings. The molecule has 0 aliphatic rings. The third-order valence-corrected chi connectivity index (χ3v) is 5.40. The molecule has 0 spiro atoms. The predicted octanol–water partition coefficient (Wildman–Crippen LogP) is 4.94. The molecule has 4 rings (SSSR count). The van der Waals surface area contributed by atoms with Gasteiger partial charge >= 0.3 is 0 Å². The zero-order chi connectivity index (χ0) is 19.0.